The maximum Gasteiger partial charge on any atom is 0.184 e. The summed E-state index contributed by atoms with van der Waals surface area (Å²) < 4.78 is 14.5. The van der Waals surface area contributed by atoms with Crippen molar-refractivity contribution < 1.29 is 4.42 Å². The number of furan rings is 1. The average molecular weight is 368 g/mol. The molecule has 2 N–H and O–H groups in total. The Bertz CT molecular complexity index is 624. The van der Waals surface area contributed by atoms with Crippen LogP contribution in [0.2, 0.25) is 0 Å². The molecule has 1 fully saturated rings. The zero-order valence-electron chi connectivity index (χ0n) is 14.2. The van der Waals surface area contributed by atoms with Crippen LogP contribution in [0.25, 0.3) is 0 Å². The van der Waals surface area contributed by atoms with Gasteiger partial charge in [-0.25, -0.2) is 0 Å². The minimum absolute atomic E-state index is 0.583. The fourth-order valence-corrected chi connectivity index (χ4v) is 3.70. The molecule has 0 aliphatic heterocycles. The summed E-state index contributed by atoms with van der Waals surface area (Å²) >= 11 is 3.12. The predicted molar refractivity (Wildman–Crippen MR) is 102 cm³/mol. The summed E-state index contributed by atoms with van der Waals surface area (Å²) in [5, 5.41) is 6.84. The number of hydrogen-bond donors (Lipinski definition) is 2. The van der Waals surface area contributed by atoms with Crippen molar-refractivity contribution in [1.29, 1.82) is 0 Å². The van der Waals surface area contributed by atoms with Gasteiger partial charge in [-0.05, 0) is 45.5 Å². The molecule has 0 unspecified atom stereocenters. The largest absolute Gasteiger partial charge is 0.464 e. The van der Waals surface area contributed by atoms with E-state index in [-0.39, 0.29) is 0 Å². The maximum atomic E-state index is 5.81. The fourth-order valence-electron chi connectivity index (χ4n) is 2.46. The summed E-state index contributed by atoms with van der Waals surface area (Å²) in [5.74, 6) is 5.77. The van der Waals surface area contributed by atoms with Crippen LogP contribution >= 0.6 is 23.5 Å². The molecule has 0 radical (unpaired) electrons. The van der Waals surface area contributed by atoms with Crippen LogP contribution in [0.5, 0.6) is 0 Å². The van der Waals surface area contributed by atoms with Crippen LogP contribution in [0, 0.1) is 0 Å². The van der Waals surface area contributed by atoms with E-state index in [0.717, 1.165) is 47.8 Å². The summed E-state index contributed by atoms with van der Waals surface area (Å²) in [4.78, 5) is 2.11. The molecule has 2 heterocycles. The van der Waals surface area contributed by atoms with Crippen molar-refractivity contribution in [3.63, 3.8) is 0 Å². The van der Waals surface area contributed by atoms with Crippen LogP contribution in [0.3, 0.4) is 0 Å². The Balaban J connectivity index is 1.34. The summed E-state index contributed by atoms with van der Waals surface area (Å²) in [7, 11) is 4.09. The van der Waals surface area contributed by atoms with Crippen LogP contribution < -0.4 is 10.6 Å². The van der Waals surface area contributed by atoms with Gasteiger partial charge in [0.05, 0.1) is 24.0 Å². The molecule has 1 aliphatic rings. The average Bonchev–Trinajstić information content (AvgIpc) is 3.11. The molecular formula is C16H25N5OS2. The first-order valence-electron chi connectivity index (χ1n) is 8.34. The van der Waals surface area contributed by atoms with E-state index < -0.39 is 0 Å². The zero-order chi connectivity index (χ0) is 16.8. The Kier molecular flexibility index (Phi) is 6.39. The molecule has 132 valence electrons. The molecule has 2 aromatic rings. The highest BCUT2D eigenvalue weighted by Crippen LogP contribution is 2.26. The predicted octanol–water partition coefficient (Wildman–Crippen LogP) is 3.50. The monoisotopic (exact) mass is 367 g/mol. The van der Waals surface area contributed by atoms with Gasteiger partial charge in [0.1, 0.15) is 11.5 Å². The molecule has 0 atom stereocenters. The SMILES string of the molecule is CN(C)Cc1ccc(CSCCNc2nsnc2NC2CCC2)o1. The third-order valence-corrected chi connectivity index (χ3v) is 5.42. The molecule has 0 spiro atoms. The van der Waals surface area contributed by atoms with Crippen molar-refractivity contribution in [3.8, 4) is 0 Å². The zero-order valence-corrected chi connectivity index (χ0v) is 15.9. The molecule has 1 saturated carbocycles. The lowest BCUT2D eigenvalue weighted by Gasteiger charge is -2.26. The first-order chi connectivity index (χ1) is 11.7. The van der Waals surface area contributed by atoms with Crippen molar-refractivity contribution >= 4 is 35.1 Å². The topological polar surface area (TPSA) is 66.2 Å². The lowest BCUT2D eigenvalue weighted by Crippen LogP contribution is -2.27. The molecule has 3 rings (SSSR count). The summed E-state index contributed by atoms with van der Waals surface area (Å²) in [6.45, 7) is 1.72. The maximum absolute atomic E-state index is 5.81. The van der Waals surface area contributed by atoms with Gasteiger partial charge in [0.25, 0.3) is 0 Å². The Morgan fingerprint density at radius 2 is 2.04 bits per heavy atom. The van der Waals surface area contributed by atoms with Gasteiger partial charge in [0.2, 0.25) is 0 Å². The highest BCUT2D eigenvalue weighted by Gasteiger charge is 2.19. The quantitative estimate of drug-likeness (QED) is 0.623. The smallest absolute Gasteiger partial charge is 0.184 e. The van der Waals surface area contributed by atoms with E-state index in [9.17, 15) is 0 Å². The Morgan fingerprint density at radius 3 is 2.79 bits per heavy atom. The van der Waals surface area contributed by atoms with Gasteiger partial charge in [-0.15, -0.1) is 0 Å². The summed E-state index contributed by atoms with van der Waals surface area (Å²) in [5.41, 5.74) is 0. The van der Waals surface area contributed by atoms with Crippen molar-refractivity contribution in [3.05, 3.63) is 23.7 Å². The van der Waals surface area contributed by atoms with E-state index in [1.807, 2.05) is 25.9 Å². The number of thioether (sulfide) groups is 1. The molecule has 24 heavy (non-hydrogen) atoms. The molecule has 0 bridgehead atoms. The minimum Gasteiger partial charge on any atom is -0.464 e. The number of rotatable bonds is 10. The Morgan fingerprint density at radius 1 is 1.25 bits per heavy atom. The molecular weight excluding hydrogens is 342 g/mol. The summed E-state index contributed by atoms with van der Waals surface area (Å²) in [6.07, 6.45) is 3.80. The van der Waals surface area contributed by atoms with Gasteiger partial charge >= 0.3 is 0 Å². The van der Waals surface area contributed by atoms with Gasteiger partial charge in [-0.3, -0.25) is 0 Å². The van der Waals surface area contributed by atoms with E-state index in [1.165, 1.54) is 31.0 Å². The lowest BCUT2D eigenvalue weighted by atomic mass is 9.93. The molecule has 2 aromatic heterocycles. The third kappa shape index (κ3) is 5.12. The van der Waals surface area contributed by atoms with Gasteiger partial charge < -0.3 is 20.0 Å². The van der Waals surface area contributed by atoms with Crippen molar-refractivity contribution in [2.75, 3.05) is 37.0 Å². The number of aromatic nitrogens is 2. The van der Waals surface area contributed by atoms with Crippen molar-refractivity contribution in [1.82, 2.24) is 13.6 Å². The summed E-state index contributed by atoms with van der Waals surface area (Å²) in [6, 6.07) is 4.72. The third-order valence-electron chi connectivity index (χ3n) is 3.91. The van der Waals surface area contributed by atoms with E-state index in [2.05, 4.69) is 36.4 Å². The van der Waals surface area contributed by atoms with Crippen LogP contribution in [-0.4, -0.2) is 46.1 Å². The molecule has 6 nitrogen and oxygen atoms in total. The molecule has 1 aliphatic carbocycles. The molecule has 0 amide bonds. The number of anilines is 2. The van der Waals surface area contributed by atoms with Crippen LogP contribution in [0.15, 0.2) is 16.5 Å². The first kappa shape index (κ1) is 17.6. The molecule has 0 saturated heterocycles. The number of nitrogens with zero attached hydrogens (tertiary/aromatic N) is 3. The molecule has 8 heteroatoms. The van der Waals surface area contributed by atoms with Crippen molar-refractivity contribution in [2.24, 2.45) is 0 Å². The second-order valence-electron chi connectivity index (χ2n) is 6.32. The first-order valence-corrected chi connectivity index (χ1v) is 10.2. The Hall–Kier alpha value is -1.25. The standard InChI is InChI=1S/C16H25N5OS2/c1-21(2)10-13-6-7-14(22-13)11-23-9-8-17-15-16(20-24-19-15)18-12-4-3-5-12/h6-7,12H,3-5,8-11H2,1-2H3,(H,17,19)(H,18,20). The normalized spacial score (nSPS) is 14.8. The highest BCUT2D eigenvalue weighted by molar-refractivity contribution is 7.98. The minimum atomic E-state index is 0.583. The van der Waals surface area contributed by atoms with E-state index in [4.69, 9.17) is 4.42 Å². The number of nitrogens with one attached hydrogen (secondary N) is 2. The van der Waals surface area contributed by atoms with E-state index >= 15 is 0 Å². The lowest BCUT2D eigenvalue weighted by molar-refractivity contribution is 0.344. The van der Waals surface area contributed by atoms with Crippen LogP contribution in [0.1, 0.15) is 30.8 Å². The van der Waals surface area contributed by atoms with Gasteiger partial charge in [0.15, 0.2) is 11.6 Å². The van der Waals surface area contributed by atoms with Gasteiger partial charge in [0, 0.05) is 18.3 Å². The highest BCUT2D eigenvalue weighted by atomic mass is 32.2. The van der Waals surface area contributed by atoms with E-state index in [0.29, 0.717) is 6.04 Å². The fraction of sp³-hybridized carbons (Fsp3) is 0.625. The second-order valence-corrected chi connectivity index (χ2v) is 7.95. The van der Waals surface area contributed by atoms with Crippen LogP contribution in [-0.2, 0) is 12.3 Å². The second kappa shape index (κ2) is 8.73. The van der Waals surface area contributed by atoms with Gasteiger partial charge in [-0.1, -0.05) is 0 Å². The molecule has 0 aromatic carbocycles. The van der Waals surface area contributed by atoms with Crippen molar-refractivity contribution in [2.45, 2.75) is 37.6 Å². The van der Waals surface area contributed by atoms with E-state index in [1.54, 1.807) is 0 Å². The van der Waals surface area contributed by atoms with Crippen LogP contribution in [0.4, 0.5) is 11.6 Å². The number of hydrogen-bond acceptors (Lipinski definition) is 8. The Labute approximate surface area is 151 Å². The van der Waals surface area contributed by atoms with Gasteiger partial charge in [-0.2, -0.15) is 20.5 Å².